The van der Waals surface area contributed by atoms with E-state index < -0.39 is 0 Å². The van der Waals surface area contributed by atoms with Crippen LogP contribution in [-0.4, -0.2) is 20.7 Å². The molecule has 1 amide bonds. The molecule has 0 radical (unpaired) electrons. The largest absolute Gasteiger partial charge is 0.345 e. The Morgan fingerprint density at radius 2 is 2.37 bits per heavy atom. The molecule has 1 aliphatic carbocycles. The van der Waals surface area contributed by atoms with Gasteiger partial charge < -0.3 is 5.32 Å². The lowest BCUT2D eigenvalue weighted by atomic mass is 10.3. The fourth-order valence-electron chi connectivity index (χ4n) is 2.01. The van der Waals surface area contributed by atoms with Crippen LogP contribution in [0.3, 0.4) is 0 Å². The van der Waals surface area contributed by atoms with Crippen LogP contribution in [0.15, 0.2) is 11.4 Å². The van der Waals surface area contributed by atoms with E-state index in [0.29, 0.717) is 18.2 Å². The summed E-state index contributed by atoms with van der Waals surface area (Å²) in [5.41, 5.74) is 2.37. The first-order chi connectivity index (χ1) is 9.13. The van der Waals surface area contributed by atoms with Crippen LogP contribution in [0, 0.1) is 6.92 Å². The van der Waals surface area contributed by atoms with E-state index in [1.165, 1.54) is 17.8 Å². The van der Waals surface area contributed by atoms with Gasteiger partial charge in [0, 0.05) is 18.3 Å². The van der Waals surface area contributed by atoms with Gasteiger partial charge in [0.15, 0.2) is 0 Å². The van der Waals surface area contributed by atoms with Gasteiger partial charge in [-0.05, 0) is 25.8 Å². The molecule has 5 nitrogen and oxygen atoms in total. The number of hydrogen-bond donors (Lipinski definition) is 1. The standard InChI is InChI=1S/C13H16N4OS/c1-8-5-11(17(2)16-8)12(18)14-6-10-7-19-13(15-10)9-3-4-9/h5,7,9H,3-4,6H2,1-2H3,(H,14,18). The molecule has 19 heavy (non-hydrogen) atoms. The molecule has 3 rings (SSSR count). The van der Waals surface area contributed by atoms with Crippen LogP contribution in [0.5, 0.6) is 0 Å². The van der Waals surface area contributed by atoms with Gasteiger partial charge in [0.25, 0.3) is 5.91 Å². The molecule has 2 aromatic heterocycles. The third-order valence-corrected chi connectivity index (χ3v) is 4.22. The summed E-state index contributed by atoms with van der Waals surface area (Å²) in [6.07, 6.45) is 2.52. The van der Waals surface area contributed by atoms with Crippen LogP contribution in [0.25, 0.3) is 0 Å². The zero-order chi connectivity index (χ0) is 13.4. The minimum absolute atomic E-state index is 0.107. The van der Waals surface area contributed by atoms with Crippen molar-refractivity contribution in [2.24, 2.45) is 7.05 Å². The number of thiazole rings is 1. The van der Waals surface area contributed by atoms with Gasteiger partial charge in [-0.25, -0.2) is 4.98 Å². The average molecular weight is 276 g/mol. The fourth-order valence-corrected chi connectivity index (χ4v) is 3.00. The van der Waals surface area contributed by atoms with Crippen LogP contribution < -0.4 is 5.32 Å². The molecule has 1 saturated carbocycles. The summed E-state index contributed by atoms with van der Waals surface area (Å²) >= 11 is 1.69. The van der Waals surface area contributed by atoms with E-state index in [1.807, 2.05) is 12.3 Å². The molecule has 0 aromatic carbocycles. The van der Waals surface area contributed by atoms with Crippen molar-refractivity contribution < 1.29 is 4.79 Å². The Morgan fingerprint density at radius 3 is 3.00 bits per heavy atom. The molecule has 1 fully saturated rings. The third-order valence-electron chi connectivity index (χ3n) is 3.16. The van der Waals surface area contributed by atoms with Crippen molar-refractivity contribution in [3.63, 3.8) is 0 Å². The Hall–Kier alpha value is -1.69. The van der Waals surface area contributed by atoms with E-state index in [4.69, 9.17) is 0 Å². The number of carbonyl (C=O) groups excluding carboxylic acids is 1. The van der Waals surface area contributed by atoms with Crippen molar-refractivity contribution >= 4 is 17.2 Å². The summed E-state index contributed by atoms with van der Waals surface area (Å²) < 4.78 is 1.60. The fraction of sp³-hybridized carbons (Fsp3) is 0.462. The molecule has 0 atom stereocenters. The van der Waals surface area contributed by atoms with Crippen molar-refractivity contribution in [2.75, 3.05) is 0 Å². The zero-order valence-corrected chi connectivity index (χ0v) is 11.8. The van der Waals surface area contributed by atoms with Gasteiger partial charge in [-0.3, -0.25) is 9.48 Å². The molecule has 0 bridgehead atoms. The summed E-state index contributed by atoms with van der Waals surface area (Å²) in [6.45, 7) is 2.35. The zero-order valence-electron chi connectivity index (χ0n) is 11.0. The third kappa shape index (κ3) is 2.68. The Bertz CT molecular complexity index is 612. The molecular weight excluding hydrogens is 260 g/mol. The van der Waals surface area contributed by atoms with Gasteiger partial charge in [0.05, 0.1) is 22.9 Å². The molecule has 100 valence electrons. The maximum Gasteiger partial charge on any atom is 0.269 e. The first-order valence-corrected chi connectivity index (χ1v) is 7.24. The number of hydrogen-bond acceptors (Lipinski definition) is 4. The van der Waals surface area contributed by atoms with E-state index in [9.17, 15) is 4.79 Å². The highest BCUT2D eigenvalue weighted by molar-refractivity contribution is 7.09. The van der Waals surface area contributed by atoms with Crippen molar-refractivity contribution in [2.45, 2.75) is 32.2 Å². The molecule has 0 saturated heterocycles. The van der Waals surface area contributed by atoms with E-state index >= 15 is 0 Å². The van der Waals surface area contributed by atoms with Crippen LogP contribution in [-0.2, 0) is 13.6 Å². The van der Waals surface area contributed by atoms with Crippen LogP contribution in [0.2, 0.25) is 0 Å². The summed E-state index contributed by atoms with van der Waals surface area (Å²) in [6, 6.07) is 1.78. The normalized spacial score (nSPS) is 14.6. The maximum atomic E-state index is 12.0. The molecule has 2 aromatic rings. The van der Waals surface area contributed by atoms with Gasteiger partial charge in [0.1, 0.15) is 5.69 Å². The average Bonchev–Trinajstić information content (AvgIpc) is 3.02. The van der Waals surface area contributed by atoms with Crippen molar-refractivity contribution in [1.82, 2.24) is 20.1 Å². The molecule has 0 aliphatic heterocycles. The summed E-state index contributed by atoms with van der Waals surface area (Å²) in [5.74, 6) is 0.568. The van der Waals surface area contributed by atoms with Crippen LogP contribution >= 0.6 is 11.3 Å². The highest BCUT2D eigenvalue weighted by atomic mass is 32.1. The number of amides is 1. The lowest BCUT2D eigenvalue weighted by Gasteiger charge is -2.03. The number of carbonyl (C=O) groups is 1. The van der Waals surface area contributed by atoms with E-state index in [-0.39, 0.29) is 5.91 Å². The van der Waals surface area contributed by atoms with Gasteiger partial charge >= 0.3 is 0 Å². The van der Waals surface area contributed by atoms with E-state index in [0.717, 1.165) is 11.4 Å². The molecule has 0 spiro atoms. The molecule has 2 heterocycles. The van der Waals surface area contributed by atoms with Gasteiger partial charge in [0.2, 0.25) is 0 Å². The van der Waals surface area contributed by atoms with Gasteiger partial charge in [-0.1, -0.05) is 0 Å². The predicted octanol–water partition coefficient (Wildman–Crippen LogP) is 1.99. The first-order valence-electron chi connectivity index (χ1n) is 6.36. The molecular formula is C13H16N4OS. The number of aromatic nitrogens is 3. The van der Waals surface area contributed by atoms with Crippen molar-refractivity contribution in [3.8, 4) is 0 Å². The second kappa shape index (κ2) is 4.77. The molecule has 1 aliphatic rings. The second-order valence-electron chi connectivity index (χ2n) is 4.93. The lowest BCUT2D eigenvalue weighted by molar-refractivity contribution is 0.0941. The Morgan fingerprint density at radius 1 is 1.58 bits per heavy atom. The SMILES string of the molecule is Cc1cc(C(=O)NCc2csc(C3CC3)n2)n(C)n1. The second-order valence-corrected chi connectivity index (χ2v) is 5.82. The predicted molar refractivity (Wildman–Crippen MR) is 73.2 cm³/mol. The maximum absolute atomic E-state index is 12.0. The van der Waals surface area contributed by atoms with Gasteiger partial charge in [-0.15, -0.1) is 11.3 Å². The molecule has 0 unspecified atom stereocenters. The van der Waals surface area contributed by atoms with Crippen molar-refractivity contribution in [1.29, 1.82) is 0 Å². The Balaban J connectivity index is 1.61. The van der Waals surface area contributed by atoms with Crippen LogP contribution in [0.1, 0.15) is 45.6 Å². The quantitative estimate of drug-likeness (QED) is 0.929. The highest BCUT2D eigenvalue weighted by Crippen LogP contribution is 2.41. The summed E-state index contributed by atoms with van der Waals surface area (Å²) in [5, 5.41) is 10.3. The number of nitrogens with zero attached hydrogens (tertiary/aromatic N) is 3. The summed E-state index contributed by atoms with van der Waals surface area (Å²) in [4.78, 5) is 16.6. The highest BCUT2D eigenvalue weighted by Gasteiger charge is 2.26. The van der Waals surface area contributed by atoms with Crippen LogP contribution in [0.4, 0.5) is 0 Å². The lowest BCUT2D eigenvalue weighted by Crippen LogP contribution is -2.25. The minimum Gasteiger partial charge on any atom is -0.345 e. The van der Waals surface area contributed by atoms with Gasteiger partial charge in [-0.2, -0.15) is 5.10 Å². The minimum atomic E-state index is -0.107. The smallest absolute Gasteiger partial charge is 0.269 e. The monoisotopic (exact) mass is 276 g/mol. The van der Waals surface area contributed by atoms with Crippen molar-refractivity contribution in [3.05, 3.63) is 33.5 Å². The number of nitrogens with one attached hydrogen (secondary N) is 1. The molecule has 1 N–H and O–H groups in total. The Kier molecular flexibility index (Phi) is 3.10. The molecule has 6 heteroatoms. The first kappa shape index (κ1) is 12.3. The number of rotatable bonds is 4. The Labute approximate surface area is 115 Å². The summed E-state index contributed by atoms with van der Waals surface area (Å²) in [7, 11) is 1.77. The topological polar surface area (TPSA) is 59.8 Å². The van der Waals surface area contributed by atoms with E-state index in [2.05, 4.69) is 15.4 Å². The van der Waals surface area contributed by atoms with E-state index in [1.54, 1.807) is 29.1 Å². The number of aryl methyl sites for hydroxylation is 2.